The normalized spacial score (nSPS) is 13.8. The largest absolute Gasteiger partial charge is 0.387 e. The summed E-state index contributed by atoms with van der Waals surface area (Å²) in [6, 6.07) is 3.78. The monoisotopic (exact) mass is 321 g/mol. The van der Waals surface area contributed by atoms with Crippen LogP contribution in [0.15, 0.2) is 23.7 Å². The van der Waals surface area contributed by atoms with Crippen molar-refractivity contribution >= 4 is 17.2 Å². The summed E-state index contributed by atoms with van der Waals surface area (Å²) in [5, 5.41) is 19.2. The number of carbonyl (C=O) groups excluding carboxylic acids is 1. The number of thiophene rings is 1. The summed E-state index contributed by atoms with van der Waals surface area (Å²) >= 11 is 1.53. The second kappa shape index (κ2) is 7.56. The number of nitrogens with zero attached hydrogens (tertiary/aromatic N) is 2. The van der Waals surface area contributed by atoms with Crippen LogP contribution in [0.25, 0.3) is 0 Å². The van der Waals surface area contributed by atoms with E-state index in [-0.39, 0.29) is 11.9 Å². The second-order valence-corrected chi connectivity index (χ2v) is 6.59. The molecular weight excluding hydrogens is 298 g/mol. The fraction of sp³-hybridized carbons (Fsp3) is 0.500. The molecule has 0 saturated heterocycles. The third kappa shape index (κ3) is 4.42. The molecule has 120 valence electrons. The van der Waals surface area contributed by atoms with Gasteiger partial charge >= 0.3 is 0 Å². The smallest absolute Gasteiger partial charge is 0.220 e. The molecule has 0 fully saturated rings. The topological polar surface area (TPSA) is 67.2 Å². The maximum atomic E-state index is 12.0. The molecule has 5 nitrogen and oxygen atoms in total. The molecule has 2 aromatic heterocycles. The van der Waals surface area contributed by atoms with Gasteiger partial charge in [0, 0.05) is 30.1 Å². The number of nitrogens with one attached hydrogen (secondary N) is 1. The number of aryl methyl sites for hydroxylation is 2. The highest BCUT2D eigenvalue weighted by Gasteiger charge is 2.15. The molecule has 2 atom stereocenters. The van der Waals surface area contributed by atoms with Gasteiger partial charge < -0.3 is 10.4 Å². The molecule has 6 heteroatoms. The van der Waals surface area contributed by atoms with Crippen molar-refractivity contribution in [2.75, 3.05) is 0 Å². The van der Waals surface area contributed by atoms with Gasteiger partial charge in [-0.15, -0.1) is 11.3 Å². The first-order chi connectivity index (χ1) is 10.5. The van der Waals surface area contributed by atoms with E-state index in [9.17, 15) is 9.90 Å². The summed E-state index contributed by atoms with van der Waals surface area (Å²) in [4.78, 5) is 12.9. The molecule has 0 bridgehead atoms. The molecule has 2 unspecified atom stereocenters. The quantitative estimate of drug-likeness (QED) is 0.822. The van der Waals surface area contributed by atoms with E-state index in [1.807, 2.05) is 49.3 Å². The molecule has 2 heterocycles. The van der Waals surface area contributed by atoms with Crippen molar-refractivity contribution in [1.29, 1.82) is 0 Å². The third-order valence-corrected chi connectivity index (χ3v) is 4.79. The third-order valence-electron chi connectivity index (χ3n) is 3.81. The Kier molecular flexibility index (Phi) is 5.74. The van der Waals surface area contributed by atoms with Crippen molar-refractivity contribution in [2.45, 2.75) is 45.3 Å². The zero-order valence-electron chi connectivity index (χ0n) is 13.2. The van der Waals surface area contributed by atoms with Crippen molar-refractivity contribution in [3.8, 4) is 0 Å². The van der Waals surface area contributed by atoms with Gasteiger partial charge in [-0.1, -0.05) is 6.07 Å². The zero-order valence-corrected chi connectivity index (χ0v) is 14.1. The maximum absolute atomic E-state index is 12.0. The summed E-state index contributed by atoms with van der Waals surface area (Å²) in [5.74, 6) is 0.00846. The fourth-order valence-corrected chi connectivity index (χ4v) is 3.10. The van der Waals surface area contributed by atoms with Crippen LogP contribution in [-0.2, 0) is 18.3 Å². The van der Waals surface area contributed by atoms with E-state index < -0.39 is 6.10 Å². The molecule has 2 N–H and O–H groups in total. The van der Waals surface area contributed by atoms with E-state index in [2.05, 4.69) is 10.4 Å². The number of aliphatic hydroxyl groups is 1. The summed E-state index contributed by atoms with van der Waals surface area (Å²) in [5.41, 5.74) is 2.19. The van der Waals surface area contributed by atoms with Gasteiger partial charge in [0.2, 0.25) is 5.91 Å². The highest BCUT2D eigenvalue weighted by atomic mass is 32.1. The zero-order chi connectivity index (χ0) is 16.1. The van der Waals surface area contributed by atoms with Gasteiger partial charge in [0.1, 0.15) is 0 Å². The van der Waals surface area contributed by atoms with Crippen molar-refractivity contribution in [3.63, 3.8) is 0 Å². The highest BCUT2D eigenvalue weighted by Crippen LogP contribution is 2.22. The minimum atomic E-state index is -0.518. The number of hydrogen-bond donors (Lipinski definition) is 2. The van der Waals surface area contributed by atoms with E-state index in [0.717, 1.165) is 16.1 Å². The minimum absolute atomic E-state index is 0.00846. The molecule has 1 amide bonds. The Bertz CT molecular complexity index is 607. The number of aromatic nitrogens is 2. The van der Waals surface area contributed by atoms with Crippen molar-refractivity contribution in [3.05, 3.63) is 39.8 Å². The average Bonchev–Trinajstić information content (AvgIpc) is 3.09. The van der Waals surface area contributed by atoms with Crippen LogP contribution in [0.3, 0.4) is 0 Å². The van der Waals surface area contributed by atoms with Crippen LogP contribution in [0.2, 0.25) is 0 Å². The summed E-state index contributed by atoms with van der Waals surface area (Å²) in [6.07, 6.45) is 2.94. The van der Waals surface area contributed by atoms with Gasteiger partial charge in [-0.25, -0.2) is 0 Å². The molecule has 0 spiro atoms. The predicted molar refractivity (Wildman–Crippen MR) is 87.8 cm³/mol. The molecule has 0 aliphatic heterocycles. The molecule has 0 aliphatic carbocycles. The maximum Gasteiger partial charge on any atom is 0.220 e. The fourth-order valence-electron chi connectivity index (χ4n) is 2.38. The van der Waals surface area contributed by atoms with Crippen LogP contribution in [0.4, 0.5) is 0 Å². The first kappa shape index (κ1) is 16.7. The Morgan fingerprint density at radius 3 is 2.91 bits per heavy atom. The lowest BCUT2D eigenvalue weighted by molar-refractivity contribution is -0.121. The second-order valence-electron chi connectivity index (χ2n) is 5.61. The number of hydrogen-bond acceptors (Lipinski definition) is 4. The van der Waals surface area contributed by atoms with Gasteiger partial charge in [-0.3, -0.25) is 9.48 Å². The molecule has 0 aromatic carbocycles. The van der Waals surface area contributed by atoms with Crippen LogP contribution in [-0.4, -0.2) is 26.8 Å². The lowest BCUT2D eigenvalue weighted by atomic mass is 10.1. The number of amides is 1. The van der Waals surface area contributed by atoms with E-state index in [4.69, 9.17) is 0 Å². The van der Waals surface area contributed by atoms with Crippen LogP contribution >= 0.6 is 11.3 Å². The Balaban J connectivity index is 1.75. The molecule has 0 radical (unpaired) electrons. The summed E-state index contributed by atoms with van der Waals surface area (Å²) in [6.45, 7) is 3.92. The van der Waals surface area contributed by atoms with Crippen molar-refractivity contribution < 1.29 is 9.90 Å². The summed E-state index contributed by atoms with van der Waals surface area (Å²) in [7, 11) is 1.90. The standard InChI is InChI=1S/C16H23N3O2S/c1-11(9-14(20)15-5-4-8-22-15)18-16(21)7-6-13-10-17-19(3)12(13)2/h4-5,8,10-11,14,20H,6-7,9H2,1-3H3,(H,18,21). The number of rotatable bonds is 7. The SMILES string of the molecule is Cc1c(CCC(=O)NC(C)CC(O)c2cccs2)cnn1C. The Hall–Kier alpha value is -1.66. The molecule has 0 saturated carbocycles. The first-order valence-corrected chi connectivity index (χ1v) is 8.33. The lowest BCUT2D eigenvalue weighted by Crippen LogP contribution is -2.33. The van der Waals surface area contributed by atoms with E-state index >= 15 is 0 Å². The lowest BCUT2D eigenvalue weighted by Gasteiger charge is -2.17. The Morgan fingerprint density at radius 2 is 2.32 bits per heavy atom. The van der Waals surface area contributed by atoms with Gasteiger partial charge in [-0.2, -0.15) is 5.10 Å². The van der Waals surface area contributed by atoms with Gasteiger partial charge in [-0.05, 0) is 43.7 Å². The minimum Gasteiger partial charge on any atom is -0.387 e. The van der Waals surface area contributed by atoms with E-state index in [1.54, 1.807) is 0 Å². The van der Waals surface area contributed by atoms with E-state index in [1.165, 1.54) is 11.3 Å². The Morgan fingerprint density at radius 1 is 1.55 bits per heavy atom. The van der Waals surface area contributed by atoms with Crippen LogP contribution in [0.5, 0.6) is 0 Å². The van der Waals surface area contributed by atoms with Crippen LogP contribution in [0.1, 0.15) is 42.0 Å². The Labute approximate surface area is 135 Å². The van der Waals surface area contributed by atoms with Crippen molar-refractivity contribution in [2.24, 2.45) is 7.05 Å². The molecule has 22 heavy (non-hydrogen) atoms. The van der Waals surface area contributed by atoms with Gasteiger partial charge in [0.25, 0.3) is 0 Å². The number of carbonyl (C=O) groups is 1. The molecule has 2 rings (SSSR count). The van der Waals surface area contributed by atoms with Gasteiger partial charge in [0.05, 0.1) is 12.3 Å². The molecule has 0 aliphatic rings. The first-order valence-electron chi connectivity index (χ1n) is 7.45. The number of aliphatic hydroxyl groups excluding tert-OH is 1. The molecule has 2 aromatic rings. The molecular formula is C16H23N3O2S. The van der Waals surface area contributed by atoms with Crippen molar-refractivity contribution in [1.82, 2.24) is 15.1 Å². The average molecular weight is 321 g/mol. The van der Waals surface area contributed by atoms with Crippen LogP contribution in [0, 0.1) is 6.92 Å². The van der Waals surface area contributed by atoms with Gasteiger partial charge in [0.15, 0.2) is 0 Å². The van der Waals surface area contributed by atoms with Crippen LogP contribution < -0.4 is 5.32 Å². The predicted octanol–water partition coefficient (Wildman–Crippen LogP) is 2.35. The highest BCUT2D eigenvalue weighted by molar-refractivity contribution is 7.10. The van der Waals surface area contributed by atoms with E-state index in [0.29, 0.717) is 19.3 Å². The summed E-state index contributed by atoms with van der Waals surface area (Å²) < 4.78 is 1.81.